The van der Waals surface area contributed by atoms with Crippen LogP contribution in [0.2, 0.25) is 5.02 Å². The number of esters is 1. The van der Waals surface area contributed by atoms with Crippen molar-refractivity contribution in [1.29, 1.82) is 0 Å². The van der Waals surface area contributed by atoms with Crippen LogP contribution in [0, 0.1) is 10.1 Å². The number of carbonyl (C=O) groups excluding carboxylic acids is 2. The maximum atomic E-state index is 13.4. The number of hydrogen-bond donors (Lipinski definition) is 2. The molecule has 0 fully saturated rings. The lowest BCUT2D eigenvalue weighted by atomic mass is 10.0. The average molecular weight is 678 g/mol. The second-order valence-electron chi connectivity index (χ2n) is 9.16. The summed E-state index contributed by atoms with van der Waals surface area (Å²) in [5, 5.41) is 16.1. The highest BCUT2D eigenvalue weighted by molar-refractivity contribution is 9.10. The maximum absolute atomic E-state index is 13.4. The van der Waals surface area contributed by atoms with Crippen molar-refractivity contribution in [3.63, 3.8) is 0 Å². The molecule has 5 aromatic rings. The van der Waals surface area contributed by atoms with Gasteiger partial charge < -0.3 is 19.2 Å². The number of nitrogens with zero attached hydrogens (tertiary/aromatic N) is 2. The minimum atomic E-state index is -0.720. The molecule has 0 saturated heterocycles. The summed E-state index contributed by atoms with van der Waals surface area (Å²) in [6.07, 6.45) is 1.40. The molecule has 0 saturated carbocycles. The molecule has 0 bridgehead atoms. The lowest BCUT2D eigenvalue weighted by Gasteiger charge is -2.10. The second kappa shape index (κ2) is 13.0. The maximum Gasteiger partial charge on any atom is 0.343 e. The van der Waals surface area contributed by atoms with Crippen molar-refractivity contribution in [2.45, 2.75) is 0 Å². The molecule has 5 rings (SSSR count). The smallest absolute Gasteiger partial charge is 0.343 e. The Morgan fingerprint density at radius 1 is 0.977 bits per heavy atom. The summed E-state index contributed by atoms with van der Waals surface area (Å²) in [5.41, 5.74) is 5.10. The zero-order chi connectivity index (χ0) is 31.4. The Labute approximate surface area is 263 Å². The van der Waals surface area contributed by atoms with E-state index in [1.807, 2.05) is 18.2 Å². The van der Waals surface area contributed by atoms with E-state index in [2.05, 4.69) is 31.4 Å². The third kappa shape index (κ3) is 6.12. The Balaban J connectivity index is 1.38. The Hall–Kier alpha value is -5.20. The van der Waals surface area contributed by atoms with E-state index in [0.717, 1.165) is 9.86 Å². The first-order valence-corrected chi connectivity index (χ1v) is 14.0. The van der Waals surface area contributed by atoms with Gasteiger partial charge in [-0.1, -0.05) is 45.7 Å². The quantitative estimate of drug-likeness (QED) is 0.0554. The van der Waals surface area contributed by atoms with E-state index in [0.29, 0.717) is 33.0 Å². The molecule has 1 aromatic heterocycles. The van der Waals surface area contributed by atoms with E-state index in [-0.39, 0.29) is 28.4 Å². The number of hydrogen-bond acceptors (Lipinski definition) is 8. The number of non-ortho nitro benzene ring substituents is 1. The Morgan fingerprint density at radius 2 is 1.68 bits per heavy atom. The van der Waals surface area contributed by atoms with Gasteiger partial charge in [-0.15, -0.1) is 0 Å². The number of halogens is 2. The molecule has 44 heavy (non-hydrogen) atoms. The highest BCUT2D eigenvalue weighted by Gasteiger charge is 2.24. The summed E-state index contributed by atoms with van der Waals surface area (Å²) in [6.45, 7) is 0. The number of hydrazone groups is 1. The Bertz CT molecular complexity index is 1940. The van der Waals surface area contributed by atoms with Crippen LogP contribution in [0.3, 0.4) is 0 Å². The predicted octanol–water partition coefficient (Wildman–Crippen LogP) is 7.16. The van der Waals surface area contributed by atoms with E-state index >= 15 is 0 Å². The van der Waals surface area contributed by atoms with Crippen LogP contribution >= 0.6 is 27.5 Å². The molecule has 1 amide bonds. The summed E-state index contributed by atoms with van der Waals surface area (Å²) in [5.74, 6) is -0.353. The van der Waals surface area contributed by atoms with Gasteiger partial charge in [0.25, 0.3) is 11.6 Å². The van der Waals surface area contributed by atoms with Gasteiger partial charge in [-0.2, -0.15) is 5.10 Å². The van der Waals surface area contributed by atoms with Gasteiger partial charge in [0.2, 0.25) is 0 Å². The molecular formula is C31H22BrClN4O7. The first kappa shape index (κ1) is 30.3. The highest BCUT2D eigenvalue weighted by Crippen LogP contribution is 2.43. The van der Waals surface area contributed by atoms with E-state index in [1.165, 1.54) is 43.7 Å². The monoisotopic (exact) mass is 676 g/mol. The van der Waals surface area contributed by atoms with Crippen LogP contribution in [0.1, 0.15) is 26.4 Å². The fourth-order valence-electron chi connectivity index (χ4n) is 4.46. The number of nitrogens with one attached hydrogen (secondary N) is 2. The molecule has 0 atom stereocenters. The summed E-state index contributed by atoms with van der Waals surface area (Å²) < 4.78 is 17.0. The molecule has 13 heteroatoms. The van der Waals surface area contributed by atoms with Crippen molar-refractivity contribution >= 4 is 62.2 Å². The number of H-pyrrole nitrogens is 1. The van der Waals surface area contributed by atoms with Gasteiger partial charge >= 0.3 is 5.97 Å². The van der Waals surface area contributed by atoms with Crippen LogP contribution < -0.4 is 19.6 Å². The van der Waals surface area contributed by atoms with Gasteiger partial charge in [0, 0.05) is 38.1 Å². The van der Waals surface area contributed by atoms with Crippen LogP contribution in [0.5, 0.6) is 17.2 Å². The molecule has 0 aliphatic carbocycles. The van der Waals surface area contributed by atoms with Crippen LogP contribution in [0.4, 0.5) is 5.69 Å². The molecule has 0 spiro atoms. The third-order valence-electron chi connectivity index (χ3n) is 6.54. The van der Waals surface area contributed by atoms with Crippen molar-refractivity contribution < 1.29 is 28.7 Å². The van der Waals surface area contributed by atoms with Gasteiger partial charge in [0.15, 0.2) is 11.5 Å². The van der Waals surface area contributed by atoms with Crippen molar-refractivity contribution in [1.82, 2.24) is 10.4 Å². The van der Waals surface area contributed by atoms with E-state index < -0.39 is 16.8 Å². The molecule has 2 N–H and O–H groups in total. The number of nitro groups is 1. The van der Waals surface area contributed by atoms with E-state index in [9.17, 15) is 19.7 Å². The molecule has 0 aliphatic rings. The van der Waals surface area contributed by atoms with Gasteiger partial charge in [-0.05, 0) is 54.1 Å². The minimum Gasteiger partial charge on any atom is -0.495 e. The predicted molar refractivity (Wildman–Crippen MR) is 169 cm³/mol. The number of aromatic nitrogens is 1. The second-order valence-corrected chi connectivity index (χ2v) is 10.4. The lowest BCUT2D eigenvalue weighted by Crippen LogP contribution is -2.19. The highest BCUT2D eigenvalue weighted by atomic mass is 79.9. The normalized spacial score (nSPS) is 11.0. The van der Waals surface area contributed by atoms with Gasteiger partial charge in [0.1, 0.15) is 11.4 Å². The van der Waals surface area contributed by atoms with Crippen LogP contribution in [-0.4, -0.2) is 42.2 Å². The standard InChI is InChI=1S/C31H22BrClN4O7/c1-42-24-14-12-21(32)27-26(20-5-3-4-6-22(20)33)29(35-28(24)27)30(38)36-34-16-17-7-13-23(25(15-17)43-2)44-31(39)18-8-10-19(11-9-18)37(40)41/h3-16,35H,1-2H3,(H,36,38). The average Bonchev–Trinajstić information content (AvgIpc) is 3.43. The van der Waals surface area contributed by atoms with Gasteiger partial charge in [-0.3, -0.25) is 14.9 Å². The molecule has 0 unspecified atom stereocenters. The van der Waals surface area contributed by atoms with E-state index in [1.54, 1.807) is 37.4 Å². The molecular weight excluding hydrogens is 656 g/mol. The summed E-state index contributed by atoms with van der Waals surface area (Å²) in [6, 6.07) is 20.5. The van der Waals surface area contributed by atoms with E-state index in [4.69, 9.17) is 25.8 Å². The Morgan fingerprint density at radius 3 is 2.36 bits per heavy atom. The van der Waals surface area contributed by atoms with Crippen molar-refractivity contribution in [2.24, 2.45) is 5.10 Å². The molecule has 1 heterocycles. The minimum absolute atomic E-state index is 0.124. The van der Waals surface area contributed by atoms with Crippen molar-refractivity contribution in [2.75, 3.05) is 14.2 Å². The number of carbonyl (C=O) groups is 2. The first-order valence-electron chi connectivity index (χ1n) is 12.8. The van der Waals surface area contributed by atoms with Crippen molar-refractivity contribution in [3.05, 3.63) is 115 Å². The summed E-state index contributed by atoms with van der Waals surface area (Å²) >= 11 is 10.1. The molecule has 0 aliphatic heterocycles. The molecule has 4 aromatic carbocycles. The third-order valence-corrected chi connectivity index (χ3v) is 7.53. The lowest BCUT2D eigenvalue weighted by molar-refractivity contribution is -0.384. The Kier molecular flexibility index (Phi) is 8.93. The zero-order valence-electron chi connectivity index (χ0n) is 23.1. The number of aromatic amines is 1. The number of ether oxygens (including phenoxy) is 3. The number of benzene rings is 4. The fourth-order valence-corrected chi connectivity index (χ4v) is 5.22. The largest absolute Gasteiger partial charge is 0.495 e. The number of rotatable bonds is 9. The first-order chi connectivity index (χ1) is 21.2. The van der Waals surface area contributed by atoms with Crippen LogP contribution in [0.25, 0.3) is 22.0 Å². The zero-order valence-corrected chi connectivity index (χ0v) is 25.4. The van der Waals surface area contributed by atoms with Crippen LogP contribution in [0.15, 0.2) is 88.4 Å². The summed E-state index contributed by atoms with van der Waals surface area (Å²) in [4.78, 5) is 39.5. The van der Waals surface area contributed by atoms with Crippen molar-refractivity contribution in [3.8, 4) is 28.4 Å². The number of nitro benzene ring substituents is 1. The van der Waals surface area contributed by atoms with Gasteiger partial charge in [-0.25, -0.2) is 10.2 Å². The SMILES string of the molecule is COc1cc(C=NNC(=O)c2[nH]c3c(OC)ccc(Br)c3c2-c2ccccc2Cl)ccc1OC(=O)c1ccc([N+](=O)[O-])cc1. The number of methoxy groups -OCH3 is 2. The molecule has 222 valence electrons. The molecule has 0 radical (unpaired) electrons. The molecule has 11 nitrogen and oxygen atoms in total. The fraction of sp³-hybridized carbons (Fsp3) is 0.0645. The number of fused-ring (bicyclic) bond motifs is 1. The van der Waals surface area contributed by atoms with Gasteiger partial charge in [0.05, 0.1) is 36.4 Å². The number of amides is 1. The van der Waals surface area contributed by atoms with Crippen LogP contribution in [-0.2, 0) is 0 Å². The topological polar surface area (TPSA) is 145 Å². The summed E-state index contributed by atoms with van der Waals surface area (Å²) in [7, 11) is 2.94.